The number of para-hydroxylation sites is 2. The van der Waals surface area contributed by atoms with Crippen LogP contribution in [0.25, 0.3) is 10.9 Å². The van der Waals surface area contributed by atoms with Crippen molar-refractivity contribution in [1.82, 2.24) is 10.3 Å². The van der Waals surface area contributed by atoms with E-state index in [-0.39, 0.29) is 17.9 Å². The Kier molecular flexibility index (Phi) is 6.44. The summed E-state index contributed by atoms with van der Waals surface area (Å²) in [6, 6.07) is 15.3. The van der Waals surface area contributed by atoms with Crippen LogP contribution in [0.1, 0.15) is 41.6 Å². The van der Waals surface area contributed by atoms with E-state index in [4.69, 9.17) is 4.74 Å². The zero-order valence-corrected chi connectivity index (χ0v) is 16.9. The topological polar surface area (TPSA) is 83.2 Å². The molecule has 4 rings (SSSR count). The van der Waals surface area contributed by atoms with Crippen molar-refractivity contribution in [1.29, 1.82) is 0 Å². The van der Waals surface area contributed by atoms with Gasteiger partial charge in [-0.25, -0.2) is 0 Å². The summed E-state index contributed by atoms with van der Waals surface area (Å²) in [4.78, 5) is 28.3. The number of aromatic nitrogens is 1. The molecule has 0 bridgehead atoms. The van der Waals surface area contributed by atoms with Crippen LogP contribution in [0.4, 0.5) is 5.69 Å². The molecule has 6 heteroatoms. The highest BCUT2D eigenvalue weighted by Crippen LogP contribution is 2.20. The molecule has 3 aromatic rings. The number of hydrogen-bond acceptors (Lipinski definition) is 3. The molecule has 6 nitrogen and oxygen atoms in total. The SMILES string of the molecule is O=C(CCCc1c[nH]c2ccccc12)Nc1ccccc1C(=O)NCC1CCCO1. The van der Waals surface area contributed by atoms with Gasteiger partial charge in [0, 0.05) is 36.7 Å². The number of carbonyl (C=O) groups is 2. The number of rotatable bonds is 8. The Bertz CT molecular complexity index is 1020. The van der Waals surface area contributed by atoms with Crippen molar-refractivity contribution in [3.63, 3.8) is 0 Å². The first kappa shape index (κ1) is 20.2. The van der Waals surface area contributed by atoms with Crippen molar-refractivity contribution < 1.29 is 14.3 Å². The van der Waals surface area contributed by atoms with Crippen LogP contribution in [0, 0.1) is 0 Å². The molecule has 0 spiro atoms. The third kappa shape index (κ3) is 4.89. The quantitative estimate of drug-likeness (QED) is 0.529. The number of aryl methyl sites for hydroxylation is 1. The van der Waals surface area contributed by atoms with E-state index in [0.29, 0.717) is 24.2 Å². The van der Waals surface area contributed by atoms with Crippen LogP contribution in [-0.2, 0) is 16.0 Å². The zero-order valence-electron chi connectivity index (χ0n) is 16.9. The van der Waals surface area contributed by atoms with Gasteiger partial charge in [0.1, 0.15) is 0 Å². The molecular weight excluding hydrogens is 378 g/mol. The van der Waals surface area contributed by atoms with Crippen molar-refractivity contribution in [3.8, 4) is 0 Å². The standard InChI is InChI=1S/C24H27N3O3/c28-23(13-5-7-17-15-25-21-11-3-1-9-19(17)21)27-22-12-4-2-10-20(22)24(29)26-16-18-8-6-14-30-18/h1-4,9-12,15,18,25H,5-8,13-14,16H2,(H,26,29)(H,27,28). The molecule has 1 saturated heterocycles. The van der Waals surface area contributed by atoms with Gasteiger partial charge in [-0.3, -0.25) is 9.59 Å². The minimum Gasteiger partial charge on any atom is -0.376 e. The number of ether oxygens (including phenoxy) is 1. The van der Waals surface area contributed by atoms with Gasteiger partial charge in [-0.15, -0.1) is 0 Å². The molecule has 1 unspecified atom stereocenters. The van der Waals surface area contributed by atoms with E-state index in [0.717, 1.165) is 37.8 Å². The molecule has 156 valence electrons. The van der Waals surface area contributed by atoms with E-state index >= 15 is 0 Å². The second-order valence-corrected chi connectivity index (χ2v) is 7.65. The van der Waals surface area contributed by atoms with Gasteiger partial charge in [0.05, 0.1) is 17.4 Å². The summed E-state index contributed by atoms with van der Waals surface area (Å²) in [6.07, 6.45) is 6.05. The summed E-state index contributed by atoms with van der Waals surface area (Å²) in [5, 5.41) is 7.01. The van der Waals surface area contributed by atoms with E-state index in [1.54, 1.807) is 18.2 Å². The predicted octanol–water partition coefficient (Wildman–Crippen LogP) is 4.04. The first-order chi connectivity index (χ1) is 14.7. The average Bonchev–Trinajstić information content (AvgIpc) is 3.43. The molecule has 3 N–H and O–H groups in total. The van der Waals surface area contributed by atoms with Crippen LogP contribution in [0.2, 0.25) is 0 Å². The molecular formula is C24H27N3O3. The van der Waals surface area contributed by atoms with Gasteiger partial charge >= 0.3 is 0 Å². The van der Waals surface area contributed by atoms with Crippen molar-refractivity contribution in [2.75, 3.05) is 18.5 Å². The predicted molar refractivity (Wildman–Crippen MR) is 118 cm³/mol. The lowest BCUT2D eigenvalue weighted by atomic mass is 10.1. The summed E-state index contributed by atoms with van der Waals surface area (Å²) in [6.45, 7) is 1.25. The van der Waals surface area contributed by atoms with Gasteiger partial charge < -0.3 is 20.4 Å². The zero-order chi connectivity index (χ0) is 20.8. The largest absolute Gasteiger partial charge is 0.376 e. The van der Waals surface area contributed by atoms with Crippen molar-refractivity contribution in [2.24, 2.45) is 0 Å². The Balaban J connectivity index is 1.30. The molecule has 2 amide bonds. The van der Waals surface area contributed by atoms with Crippen LogP contribution in [0.3, 0.4) is 0 Å². The second kappa shape index (κ2) is 9.59. The van der Waals surface area contributed by atoms with Crippen LogP contribution >= 0.6 is 0 Å². The van der Waals surface area contributed by atoms with Gasteiger partial charge in [-0.2, -0.15) is 0 Å². The Morgan fingerprint density at radius 1 is 1.10 bits per heavy atom. The van der Waals surface area contributed by atoms with Crippen LogP contribution in [-0.4, -0.2) is 36.1 Å². The smallest absolute Gasteiger partial charge is 0.253 e. The van der Waals surface area contributed by atoms with Gasteiger partial charge in [0.15, 0.2) is 0 Å². The monoisotopic (exact) mass is 405 g/mol. The number of carbonyl (C=O) groups excluding carboxylic acids is 2. The van der Waals surface area contributed by atoms with E-state index in [2.05, 4.69) is 21.7 Å². The molecule has 1 aliphatic heterocycles. The number of H-pyrrole nitrogens is 1. The maximum absolute atomic E-state index is 12.6. The normalized spacial score (nSPS) is 15.9. The summed E-state index contributed by atoms with van der Waals surface area (Å²) in [5.41, 5.74) is 3.34. The van der Waals surface area contributed by atoms with Gasteiger partial charge in [-0.1, -0.05) is 30.3 Å². The molecule has 2 heterocycles. The number of hydrogen-bond donors (Lipinski definition) is 3. The Labute approximate surface area is 176 Å². The van der Waals surface area contributed by atoms with E-state index in [1.165, 1.54) is 10.9 Å². The second-order valence-electron chi connectivity index (χ2n) is 7.65. The van der Waals surface area contributed by atoms with Crippen molar-refractivity contribution in [2.45, 2.75) is 38.2 Å². The number of nitrogens with one attached hydrogen (secondary N) is 3. The molecule has 30 heavy (non-hydrogen) atoms. The number of aromatic amines is 1. The third-order valence-electron chi connectivity index (χ3n) is 5.48. The molecule has 1 atom stereocenters. The van der Waals surface area contributed by atoms with Gasteiger partial charge in [0.25, 0.3) is 5.91 Å². The summed E-state index contributed by atoms with van der Waals surface area (Å²) in [5.74, 6) is -0.283. The van der Waals surface area contributed by atoms with Crippen LogP contribution < -0.4 is 10.6 Å². The molecule has 0 saturated carbocycles. The molecule has 1 aromatic heterocycles. The van der Waals surface area contributed by atoms with E-state index in [1.807, 2.05) is 30.5 Å². The summed E-state index contributed by atoms with van der Waals surface area (Å²) in [7, 11) is 0. The lowest BCUT2D eigenvalue weighted by Gasteiger charge is -2.13. The van der Waals surface area contributed by atoms with Crippen LogP contribution in [0.15, 0.2) is 54.7 Å². The minimum absolute atomic E-state index is 0.0835. The number of benzene rings is 2. The van der Waals surface area contributed by atoms with E-state index < -0.39 is 0 Å². The van der Waals surface area contributed by atoms with E-state index in [9.17, 15) is 9.59 Å². The Morgan fingerprint density at radius 2 is 1.93 bits per heavy atom. The minimum atomic E-state index is -0.194. The Hall–Kier alpha value is -3.12. The highest BCUT2D eigenvalue weighted by molar-refractivity contribution is 6.03. The lowest BCUT2D eigenvalue weighted by Crippen LogP contribution is -2.32. The number of anilines is 1. The maximum Gasteiger partial charge on any atom is 0.253 e. The number of fused-ring (bicyclic) bond motifs is 1. The highest BCUT2D eigenvalue weighted by Gasteiger charge is 2.18. The molecule has 1 aliphatic rings. The highest BCUT2D eigenvalue weighted by atomic mass is 16.5. The molecule has 1 fully saturated rings. The molecule has 2 aromatic carbocycles. The van der Waals surface area contributed by atoms with Gasteiger partial charge in [0.2, 0.25) is 5.91 Å². The van der Waals surface area contributed by atoms with Gasteiger partial charge in [-0.05, 0) is 49.4 Å². The van der Waals surface area contributed by atoms with Crippen molar-refractivity contribution in [3.05, 3.63) is 65.9 Å². The summed E-state index contributed by atoms with van der Waals surface area (Å²) >= 11 is 0. The first-order valence-corrected chi connectivity index (χ1v) is 10.5. The molecule has 0 radical (unpaired) electrons. The maximum atomic E-state index is 12.6. The molecule has 0 aliphatic carbocycles. The van der Waals surface area contributed by atoms with Crippen molar-refractivity contribution >= 4 is 28.4 Å². The average molecular weight is 405 g/mol. The fourth-order valence-electron chi connectivity index (χ4n) is 3.89. The fraction of sp³-hybridized carbons (Fsp3) is 0.333. The number of amides is 2. The Morgan fingerprint density at radius 3 is 2.80 bits per heavy atom. The third-order valence-corrected chi connectivity index (χ3v) is 5.48. The first-order valence-electron chi connectivity index (χ1n) is 10.5. The summed E-state index contributed by atoms with van der Waals surface area (Å²) < 4.78 is 5.55. The van der Waals surface area contributed by atoms with Crippen LogP contribution in [0.5, 0.6) is 0 Å². The lowest BCUT2D eigenvalue weighted by molar-refractivity contribution is -0.116. The fourth-order valence-corrected chi connectivity index (χ4v) is 3.89.